The van der Waals surface area contributed by atoms with E-state index in [0.717, 1.165) is 56.7 Å². The van der Waals surface area contributed by atoms with Gasteiger partial charge in [-0.2, -0.15) is 0 Å². The molecule has 0 bridgehead atoms. The Morgan fingerprint density at radius 1 is 1.21 bits per heavy atom. The summed E-state index contributed by atoms with van der Waals surface area (Å²) in [5.41, 5.74) is 0.154. The van der Waals surface area contributed by atoms with Crippen molar-refractivity contribution >= 4 is 5.96 Å². The van der Waals surface area contributed by atoms with Crippen LogP contribution in [0.4, 0.5) is 0 Å². The average Bonchev–Trinajstić information content (AvgIpc) is 3.36. The maximum absolute atomic E-state index is 6.13. The minimum atomic E-state index is 0.154. The predicted octanol–water partition coefficient (Wildman–Crippen LogP) is 3.73. The van der Waals surface area contributed by atoms with Gasteiger partial charge in [0.2, 0.25) is 0 Å². The predicted molar refractivity (Wildman–Crippen MR) is 118 cm³/mol. The van der Waals surface area contributed by atoms with Crippen molar-refractivity contribution < 1.29 is 9.15 Å². The highest BCUT2D eigenvalue weighted by Gasteiger charge is 2.35. The molecule has 0 amide bonds. The molecule has 2 fully saturated rings. The zero-order valence-corrected chi connectivity index (χ0v) is 19.0. The van der Waals surface area contributed by atoms with Crippen LogP contribution in [0.5, 0.6) is 0 Å². The lowest BCUT2D eigenvalue weighted by Crippen LogP contribution is -2.48. The number of rotatable bonds is 6. The van der Waals surface area contributed by atoms with Crippen LogP contribution in [0.2, 0.25) is 0 Å². The van der Waals surface area contributed by atoms with E-state index in [0.29, 0.717) is 5.92 Å². The zero-order chi connectivity index (χ0) is 20.9. The molecular formula is C23H40N4O2. The Balaban J connectivity index is 1.57. The first-order valence-electron chi connectivity index (χ1n) is 11.2. The Hall–Kier alpha value is -1.53. The highest BCUT2D eigenvalue weighted by atomic mass is 16.5. The maximum atomic E-state index is 6.13. The van der Waals surface area contributed by atoms with E-state index in [2.05, 4.69) is 53.4 Å². The normalized spacial score (nSPS) is 25.2. The molecule has 1 aromatic heterocycles. The molecule has 0 saturated carbocycles. The molecule has 0 aromatic carbocycles. The summed E-state index contributed by atoms with van der Waals surface area (Å²) in [6.07, 6.45) is 5.15. The Labute approximate surface area is 176 Å². The minimum absolute atomic E-state index is 0.154. The summed E-state index contributed by atoms with van der Waals surface area (Å²) in [5, 5.41) is 7.10. The number of hydrogen-bond acceptors (Lipinski definition) is 4. The van der Waals surface area contributed by atoms with Gasteiger partial charge in [0.25, 0.3) is 0 Å². The average molecular weight is 405 g/mol. The molecule has 29 heavy (non-hydrogen) atoms. The van der Waals surface area contributed by atoms with E-state index in [1.807, 2.05) is 14.0 Å². The van der Waals surface area contributed by atoms with Crippen molar-refractivity contribution in [2.75, 3.05) is 39.8 Å². The number of nitrogens with zero attached hydrogens (tertiary/aromatic N) is 2. The van der Waals surface area contributed by atoms with Gasteiger partial charge in [-0.05, 0) is 63.2 Å². The van der Waals surface area contributed by atoms with Gasteiger partial charge < -0.3 is 19.8 Å². The van der Waals surface area contributed by atoms with Crippen LogP contribution in [-0.2, 0) is 4.74 Å². The molecular weight excluding hydrogens is 364 g/mol. The van der Waals surface area contributed by atoms with Gasteiger partial charge in [-0.15, -0.1) is 0 Å². The quantitative estimate of drug-likeness (QED) is 0.559. The van der Waals surface area contributed by atoms with Crippen LogP contribution in [0.25, 0.3) is 0 Å². The van der Waals surface area contributed by atoms with Gasteiger partial charge in [0, 0.05) is 32.7 Å². The third kappa shape index (κ3) is 5.98. The fourth-order valence-corrected chi connectivity index (χ4v) is 4.75. The Kier molecular flexibility index (Phi) is 7.63. The molecule has 2 N–H and O–H groups in total. The van der Waals surface area contributed by atoms with Gasteiger partial charge in [-0.1, -0.05) is 20.8 Å². The van der Waals surface area contributed by atoms with Crippen molar-refractivity contribution in [2.45, 2.75) is 65.5 Å². The third-order valence-corrected chi connectivity index (χ3v) is 6.19. The van der Waals surface area contributed by atoms with E-state index in [-0.39, 0.29) is 17.6 Å². The van der Waals surface area contributed by atoms with Crippen LogP contribution in [0, 0.1) is 18.3 Å². The largest absolute Gasteiger partial charge is 0.465 e. The summed E-state index contributed by atoms with van der Waals surface area (Å²) in [6, 6.07) is 4.41. The van der Waals surface area contributed by atoms with Crippen LogP contribution in [0.3, 0.4) is 0 Å². The minimum Gasteiger partial charge on any atom is -0.465 e. The van der Waals surface area contributed by atoms with Crippen molar-refractivity contribution in [2.24, 2.45) is 16.3 Å². The summed E-state index contributed by atoms with van der Waals surface area (Å²) < 4.78 is 12.1. The first kappa shape index (κ1) is 22.2. The van der Waals surface area contributed by atoms with Crippen LogP contribution >= 0.6 is 0 Å². The second kappa shape index (κ2) is 9.98. The molecule has 3 rings (SSSR count). The van der Waals surface area contributed by atoms with Crippen molar-refractivity contribution in [3.05, 3.63) is 23.7 Å². The van der Waals surface area contributed by atoms with E-state index < -0.39 is 0 Å². The third-order valence-electron chi connectivity index (χ3n) is 6.19. The molecule has 6 nitrogen and oxygen atoms in total. The number of ether oxygens (including phenoxy) is 1. The molecule has 1 aromatic rings. The lowest BCUT2D eigenvalue weighted by atomic mass is 9.78. The number of hydrogen-bond donors (Lipinski definition) is 2. The lowest BCUT2D eigenvalue weighted by Gasteiger charge is -2.40. The topological polar surface area (TPSA) is 62.0 Å². The molecule has 164 valence electrons. The molecule has 0 aliphatic carbocycles. The van der Waals surface area contributed by atoms with Crippen molar-refractivity contribution in [3.8, 4) is 0 Å². The molecule has 0 spiro atoms. The van der Waals surface area contributed by atoms with E-state index in [9.17, 15) is 0 Å². The summed E-state index contributed by atoms with van der Waals surface area (Å²) >= 11 is 0. The van der Waals surface area contributed by atoms with Crippen molar-refractivity contribution in [3.63, 3.8) is 0 Å². The molecule has 2 aliphatic rings. The second-order valence-electron chi connectivity index (χ2n) is 9.60. The summed E-state index contributed by atoms with van der Waals surface area (Å²) in [6.45, 7) is 13.6. The van der Waals surface area contributed by atoms with Crippen LogP contribution in [-0.4, -0.2) is 56.8 Å². The molecule has 2 saturated heterocycles. The SMILES string of the molecule is CN=C(NCC1CCCOC1C(C)(C)C)NCC(c1ccc(C)o1)N1CCCC1. The second-order valence-corrected chi connectivity index (χ2v) is 9.60. The van der Waals surface area contributed by atoms with Gasteiger partial charge in [0.05, 0.1) is 12.1 Å². The summed E-state index contributed by atoms with van der Waals surface area (Å²) in [5.74, 6) is 3.37. The van der Waals surface area contributed by atoms with Crippen LogP contribution in [0.1, 0.15) is 64.0 Å². The molecule has 0 radical (unpaired) electrons. The van der Waals surface area contributed by atoms with E-state index in [1.54, 1.807) is 0 Å². The standard InChI is InChI=1S/C23H40N4O2/c1-17-10-11-20(29-17)19(27-12-6-7-13-27)16-26-22(24-5)25-15-18-9-8-14-28-21(18)23(2,3)4/h10-11,18-19,21H,6-9,12-16H2,1-5H3,(H2,24,25,26). The number of guanidine groups is 1. The number of nitrogens with one attached hydrogen (secondary N) is 2. The van der Waals surface area contributed by atoms with Gasteiger partial charge in [0.15, 0.2) is 5.96 Å². The molecule has 3 atom stereocenters. The first-order valence-corrected chi connectivity index (χ1v) is 11.2. The number of aryl methyl sites for hydroxylation is 1. The number of aliphatic imine (C=N–C) groups is 1. The Morgan fingerprint density at radius 3 is 2.59 bits per heavy atom. The van der Waals surface area contributed by atoms with Crippen LogP contribution < -0.4 is 10.6 Å². The van der Waals surface area contributed by atoms with E-state index in [1.165, 1.54) is 19.3 Å². The Morgan fingerprint density at radius 2 is 1.97 bits per heavy atom. The molecule has 3 unspecified atom stereocenters. The molecule has 3 heterocycles. The molecule has 6 heteroatoms. The Bertz CT molecular complexity index is 658. The summed E-state index contributed by atoms with van der Waals surface area (Å²) in [7, 11) is 1.84. The van der Waals surface area contributed by atoms with Gasteiger partial charge >= 0.3 is 0 Å². The number of furan rings is 1. The zero-order valence-electron chi connectivity index (χ0n) is 19.0. The monoisotopic (exact) mass is 404 g/mol. The van der Waals surface area contributed by atoms with Crippen LogP contribution in [0.15, 0.2) is 21.5 Å². The molecule has 2 aliphatic heterocycles. The van der Waals surface area contributed by atoms with Gasteiger partial charge in [-0.25, -0.2) is 0 Å². The lowest BCUT2D eigenvalue weighted by molar-refractivity contribution is -0.0835. The summed E-state index contributed by atoms with van der Waals surface area (Å²) in [4.78, 5) is 6.98. The van der Waals surface area contributed by atoms with Gasteiger partial charge in [-0.3, -0.25) is 9.89 Å². The fourth-order valence-electron chi connectivity index (χ4n) is 4.75. The highest BCUT2D eigenvalue weighted by molar-refractivity contribution is 5.79. The van der Waals surface area contributed by atoms with E-state index >= 15 is 0 Å². The van der Waals surface area contributed by atoms with Crippen molar-refractivity contribution in [1.82, 2.24) is 15.5 Å². The number of likely N-dealkylation sites (tertiary alicyclic amines) is 1. The van der Waals surface area contributed by atoms with Crippen molar-refractivity contribution in [1.29, 1.82) is 0 Å². The fraction of sp³-hybridized carbons (Fsp3) is 0.783. The smallest absolute Gasteiger partial charge is 0.191 e. The van der Waals surface area contributed by atoms with Gasteiger partial charge in [0.1, 0.15) is 11.5 Å². The first-order chi connectivity index (χ1) is 13.9. The van der Waals surface area contributed by atoms with E-state index in [4.69, 9.17) is 9.15 Å². The highest BCUT2D eigenvalue weighted by Crippen LogP contribution is 2.33. The maximum Gasteiger partial charge on any atom is 0.191 e.